The molecule has 1 fully saturated rings. The number of aliphatic hydroxyl groups is 2. The summed E-state index contributed by atoms with van der Waals surface area (Å²) in [6.45, 7) is 5.98. The maximum absolute atomic E-state index is 15.0. The zero-order chi connectivity index (χ0) is 33.4. The third-order valence-corrected chi connectivity index (χ3v) is 8.51. The molecule has 1 aliphatic heterocycles. The molecule has 46 heavy (non-hydrogen) atoms. The zero-order valence-corrected chi connectivity index (χ0v) is 27.5. The minimum absolute atomic E-state index is 0.00200. The van der Waals surface area contributed by atoms with Crippen LogP contribution in [0.3, 0.4) is 0 Å². The van der Waals surface area contributed by atoms with E-state index in [2.05, 4.69) is 5.16 Å². The SMILES string of the molecule is CO[C@@H]1CN(C(=O)c2ccccc2F)C[C@@H](CC(C)C)N(C(=O)c2c(-c3ccccc3Cl)noc2C)CCCCOC[C@@H](O)[C@H]1O. The van der Waals surface area contributed by atoms with E-state index in [1.165, 1.54) is 30.2 Å². The molecule has 12 heteroatoms. The quantitative estimate of drug-likeness (QED) is 0.379. The van der Waals surface area contributed by atoms with Gasteiger partial charge in [-0.25, -0.2) is 4.39 Å². The number of halogens is 2. The Hall–Kier alpha value is -3.35. The van der Waals surface area contributed by atoms with Crippen LogP contribution in [0.1, 0.15) is 59.6 Å². The number of amides is 2. The van der Waals surface area contributed by atoms with Gasteiger partial charge >= 0.3 is 0 Å². The van der Waals surface area contributed by atoms with Crippen LogP contribution in [0.5, 0.6) is 0 Å². The van der Waals surface area contributed by atoms with Crippen molar-refractivity contribution < 1.29 is 38.2 Å². The van der Waals surface area contributed by atoms with Gasteiger partial charge in [-0.15, -0.1) is 0 Å². The minimum atomic E-state index is -1.40. The van der Waals surface area contributed by atoms with E-state index in [0.29, 0.717) is 54.5 Å². The Morgan fingerprint density at radius 3 is 2.50 bits per heavy atom. The van der Waals surface area contributed by atoms with E-state index in [1.54, 1.807) is 42.2 Å². The summed E-state index contributed by atoms with van der Waals surface area (Å²) in [6.07, 6.45) is -2.10. The van der Waals surface area contributed by atoms with Crippen molar-refractivity contribution in [1.82, 2.24) is 15.0 Å². The number of carbonyl (C=O) groups excluding carboxylic acids is 2. The van der Waals surface area contributed by atoms with Crippen LogP contribution in [-0.4, -0.2) is 101 Å². The molecule has 4 rings (SSSR count). The van der Waals surface area contributed by atoms with Crippen molar-refractivity contribution in [2.75, 3.05) is 40.0 Å². The number of methoxy groups -OCH3 is 1. The lowest BCUT2D eigenvalue weighted by Crippen LogP contribution is -2.54. The molecular formula is C34H43ClFN3O7. The van der Waals surface area contributed by atoms with Crippen molar-refractivity contribution in [2.45, 2.75) is 64.4 Å². The van der Waals surface area contributed by atoms with Crippen molar-refractivity contribution in [3.63, 3.8) is 0 Å². The first-order valence-electron chi connectivity index (χ1n) is 15.6. The molecule has 1 saturated heterocycles. The number of ether oxygens (including phenoxy) is 2. The first-order chi connectivity index (χ1) is 22.0. The summed E-state index contributed by atoms with van der Waals surface area (Å²) >= 11 is 6.51. The topological polar surface area (TPSA) is 126 Å². The van der Waals surface area contributed by atoms with Gasteiger partial charge < -0.3 is 34.0 Å². The lowest BCUT2D eigenvalue weighted by atomic mass is 9.98. The van der Waals surface area contributed by atoms with Gasteiger partial charge in [0.15, 0.2) is 0 Å². The van der Waals surface area contributed by atoms with Gasteiger partial charge in [0, 0.05) is 45.0 Å². The van der Waals surface area contributed by atoms with Crippen molar-refractivity contribution in [2.24, 2.45) is 5.92 Å². The molecule has 0 spiro atoms. The fraction of sp³-hybridized carbons (Fsp3) is 0.500. The average molecular weight is 660 g/mol. The van der Waals surface area contributed by atoms with Crippen LogP contribution >= 0.6 is 11.6 Å². The summed E-state index contributed by atoms with van der Waals surface area (Å²) in [7, 11) is 1.36. The monoisotopic (exact) mass is 659 g/mol. The largest absolute Gasteiger partial charge is 0.388 e. The van der Waals surface area contributed by atoms with Gasteiger partial charge in [-0.05, 0) is 50.3 Å². The summed E-state index contributed by atoms with van der Waals surface area (Å²) in [5.41, 5.74) is 0.968. The van der Waals surface area contributed by atoms with Crippen molar-refractivity contribution in [3.05, 3.63) is 76.3 Å². The van der Waals surface area contributed by atoms with Gasteiger partial charge in [-0.3, -0.25) is 9.59 Å². The van der Waals surface area contributed by atoms with E-state index in [1.807, 2.05) is 13.8 Å². The van der Waals surface area contributed by atoms with Crippen LogP contribution < -0.4 is 0 Å². The van der Waals surface area contributed by atoms with E-state index in [-0.39, 0.29) is 42.6 Å². The number of hydrogen-bond donors (Lipinski definition) is 2. The molecule has 250 valence electrons. The molecule has 0 saturated carbocycles. The van der Waals surface area contributed by atoms with Crippen molar-refractivity contribution >= 4 is 23.4 Å². The highest BCUT2D eigenvalue weighted by molar-refractivity contribution is 6.33. The van der Waals surface area contributed by atoms with E-state index in [0.717, 1.165) is 0 Å². The second-order valence-electron chi connectivity index (χ2n) is 12.0. The Morgan fingerprint density at radius 1 is 1.09 bits per heavy atom. The molecule has 10 nitrogen and oxygen atoms in total. The molecule has 4 atom stereocenters. The van der Waals surface area contributed by atoms with Gasteiger partial charge in [-0.2, -0.15) is 0 Å². The van der Waals surface area contributed by atoms with Gasteiger partial charge in [0.25, 0.3) is 11.8 Å². The molecule has 1 aromatic heterocycles. The highest BCUT2D eigenvalue weighted by Crippen LogP contribution is 2.33. The molecule has 3 aromatic rings. The predicted octanol–water partition coefficient (Wildman–Crippen LogP) is 4.99. The van der Waals surface area contributed by atoms with E-state index in [4.69, 9.17) is 25.6 Å². The summed E-state index contributed by atoms with van der Waals surface area (Å²) in [4.78, 5) is 31.7. The van der Waals surface area contributed by atoms with Crippen LogP contribution in [0.2, 0.25) is 5.02 Å². The highest BCUT2D eigenvalue weighted by Gasteiger charge is 2.36. The summed E-state index contributed by atoms with van der Waals surface area (Å²) in [5.74, 6) is -1.26. The van der Waals surface area contributed by atoms with Crippen LogP contribution in [0.4, 0.5) is 4.39 Å². The van der Waals surface area contributed by atoms with Gasteiger partial charge in [0.1, 0.15) is 41.1 Å². The lowest BCUT2D eigenvalue weighted by molar-refractivity contribution is -0.105. The molecule has 1 aliphatic rings. The van der Waals surface area contributed by atoms with Crippen LogP contribution in [-0.2, 0) is 9.47 Å². The Kier molecular flexibility index (Phi) is 12.7. The Bertz CT molecular complexity index is 1470. The summed E-state index contributed by atoms with van der Waals surface area (Å²) in [5, 5.41) is 26.2. The molecule has 0 radical (unpaired) electrons. The van der Waals surface area contributed by atoms with Crippen LogP contribution in [0.15, 0.2) is 53.1 Å². The lowest BCUT2D eigenvalue weighted by Gasteiger charge is -2.39. The van der Waals surface area contributed by atoms with Crippen LogP contribution in [0.25, 0.3) is 11.3 Å². The van der Waals surface area contributed by atoms with Crippen molar-refractivity contribution in [1.29, 1.82) is 0 Å². The highest BCUT2D eigenvalue weighted by atomic mass is 35.5. The van der Waals surface area contributed by atoms with Gasteiger partial charge in [-0.1, -0.05) is 60.9 Å². The number of rotatable bonds is 6. The fourth-order valence-corrected chi connectivity index (χ4v) is 6.00. The number of benzene rings is 2. The van der Waals surface area contributed by atoms with E-state index >= 15 is 0 Å². The second-order valence-corrected chi connectivity index (χ2v) is 12.4. The Balaban J connectivity index is 1.81. The smallest absolute Gasteiger partial charge is 0.260 e. The van der Waals surface area contributed by atoms with Gasteiger partial charge in [0.05, 0.1) is 17.2 Å². The third kappa shape index (κ3) is 8.51. The number of aryl methyl sites for hydroxylation is 1. The maximum atomic E-state index is 15.0. The molecule has 0 aliphatic carbocycles. The maximum Gasteiger partial charge on any atom is 0.260 e. The molecular weight excluding hydrogens is 617 g/mol. The fourth-order valence-electron chi connectivity index (χ4n) is 5.77. The molecule has 0 bridgehead atoms. The van der Waals surface area contributed by atoms with Crippen LogP contribution in [0, 0.1) is 18.7 Å². The third-order valence-electron chi connectivity index (χ3n) is 8.18. The number of aliphatic hydroxyl groups excluding tert-OH is 2. The summed E-state index contributed by atoms with van der Waals surface area (Å²) in [6, 6.07) is 12.2. The molecule has 2 aromatic carbocycles. The Labute approximate surface area is 274 Å². The van der Waals surface area contributed by atoms with Gasteiger partial charge in [0.2, 0.25) is 0 Å². The van der Waals surface area contributed by atoms with E-state index in [9.17, 15) is 24.2 Å². The standard InChI is InChI=1S/C34H43ClFN3O7/c1-21(2)17-23-18-38(33(42)25-12-6-8-14-27(25)36)19-29(44-4)32(41)28(40)20-45-16-10-9-15-39(23)34(43)30-22(3)46-37-31(30)24-11-5-7-13-26(24)35/h5-8,11-14,21,23,28-29,32,40-41H,9-10,15-20H2,1-4H3/t23-,28-,29-,32-/m1/s1. The number of nitrogens with zero attached hydrogens (tertiary/aromatic N) is 3. The molecule has 2 amide bonds. The molecule has 2 N–H and O–H groups in total. The summed E-state index contributed by atoms with van der Waals surface area (Å²) < 4.78 is 31.7. The molecule has 0 unspecified atom stereocenters. The number of aromatic nitrogens is 1. The zero-order valence-electron chi connectivity index (χ0n) is 26.7. The average Bonchev–Trinajstić information content (AvgIpc) is 3.41. The normalized spacial score (nSPS) is 22.1. The minimum Gasteiger partial charge on any atom is -0.388 e. The number of hydrogen-bond acceptors (Lipinski definition) is 8. The first kappa shape index (κ1) is 35.5. The molecule has 2 heterocycles. The second kappa shape index (κ2) is 16.5. The number of carbonyl (C=O) groups is 2. The predicted molar refractivity (Wildman–Crippen MR) is 171 cm³/mol. The Morgan fingerprint density at radius 2 is 1.80 bits per heavy atom. The van der Waals surface area contributed by atoms with E-state index < -0.39 is 36.1 Å². The van der Waals surface area contributed by atoms with Crippen molar-refractivity contribution in [3.8, 4) is 11.3 Å². The first-order valence-corrected chi connectivity index (χ1v) is 15.9.